The number of nitrogens with zero attached hydrogens (tertiary/aromatic N) is 1. The van der Waals surface area contributed by atoms with E-state index < -0.39 is 5.97 Å². The molecule has 0 atom stereocenters. The van der Waals surface area contributed by atoms with Gasteiger partial charge in [-0.25, -0.2) is 4.98 Å². The second-order valence-corrected chi connectivity index (χ2v) is 6.21. The van der Waals surface area contributed by atoms with Gasteiger partial charge in [0.1, 0.15) is 10.8 Å². The van der Waals surface area contributed by atoms with Crippen LogP contribution in [-0.2, 0) is 11.2 Å². The van der Waals surface area contributed by atoms with Crippen LogP contribution in [0.5, 0.6) is 5.75 Å². The summed E-state index contributed by atoms with van der Waals surface area (Å²) in [5, 5.41) is 13.2. The van der Waals surface area contributed by atoms with E-state index in [0.29, 0.717) is 12.3 Å². The van der Waals surface area contributed by atoms with Gasteiger partial charge in [-0.15, -0.1) is 11.3 Å². The number of ether oxygens (including phenoxy) is 1. The average molecular weight is 320 g/mol. The number of aromatic nitrogens is 1. The van der Waals surface area contributed by atoms with Gasteiger partial charge in [0.2, 0.25) is 0 Å². The van der Waals surface area contributed by atoms with Crippen LogP contribution in [0.15, 0.2) is 29.6 Å². The van der Waals surface area contributed by atoms with Crippen LogP contribution < -0.4 is 14.7 Å². The Labute approximate surface area is 134 Å². The standard InChI is InChI=1S/C16H20N2O3S/c1-18(2)8-5-9-21-14-7-4-3-6-13(14)16-17-12(11-22-16)10-15(19)20/h3-4,6-7,11H,5,8-10H2,1-2H3,(H,19,20). The van der Waals surface area contributed by atoms with Crippen molar-refractivity contribution in [2.45, 2.75) is 12.8 Å². The van der Waals surface area contributed by atoms with E-state index in [1.165, 1.54) is 16.2 Å². The van der Waals surface area contributed by atoms with Crippen LogP contribution >= 0.6 is 11.3 Å². The number of para-hydroxylation sites is 1. The van der Waals surface area contributed by atoms with E-state index in [1.807, 2.05) is 24.3 Å². The van der Waals surface area contributed by atoms with E-state index in [-0.39, 0.29) is 6.42 Å². The largest absolute Gasteiger partial charge is 0.550 e. The Kier molecular flexibility index (Phi) is 5.91. The van der Waals surface area contributed by atoms with Gasteiger partial charge in [-0.2, -0.15) is 0 Å². The van der Waals surface area contributed by atoms with E-state index in [0.717, 1.165) is 29.3 Å². The Hall–Kier alpha value is -1.92. The second kappa shape index (κ2) is 7.91. The molecule has 0 unspecified atom stereocenters. The second-order valence-electron chi connectivity index (χ2n) is 5.35. The van der Waals surface area contributed by atoms with Crippen molar-refractivity contribution >= 4 is 17.3 Å². The van der Waals surface area contributed by atoms with Crippen molar-refractivity contribution in [3.05, 3.63) is 35.3 Å². The summed E-state index contributed by atoms with van der Waals surface area (Å²) in [6.07, 6.45) is 0.815. The number of quaternary nitrogens is 1. The van der Waals surface area contributed by atoms with Gasteiger partial charge in [-0.1, -0.05) is 12.1 Å². The number of carboxylic acid groups (broad SMARTS) is 1. The summed E-state index contributed by atoms with van der Waals surface area (Å²) in [5.74, 6) is -0.335. The normalized spacial score (nSPS) is 10.9. The van der Waals surface area contributed by atoms with Crippen molar-refractivity contribution in [3.63, 3.8) is 0 Å². The van der Waals surface area contributed by atoms with Crippen molar-refractivity contribution < 1.29 is 19.5 Å². The molecule has 2 rings (SSSR count). The number of thiazole rings is 1. The summed E-state index contributed by atoms with van der Waals surface area (Å²) in [6, 6.07) is 7.70. The molecule has 0 saturated heterocycles. The van der Waals surface area contributed by atoms with Crippen LogP contribution in [0.3, 0.4) is 0 Å². The lowest BCUT2D eigenvalue weighted by Crippen LogP contribution is -3.05. The van der Waals surface area contributed by atoms with E-state index >= 15 is 0 Å². The number of rotatable bonds is 8. The topological polar surface area (TPSA) is 66.7 Å². The maximum absolute atomic E-state index is 10.6. The first-order chi connectivity index (χ1) is 10.6. The molecule has 1 heterocycles. The Morgan fingerprint density at radius 1 is 1.36 bits per heavy atom. The zero-order chi connectivity index (χ0) is 15.9. The number of carboxylic acids is 1. The zero-order valence-corrected chi connectivity index (χ0v) is 13.6. The van der Waals surface area contributed by atoms with E-state index in [2.05, 4.69) is 19.1 Å². The number of nitrogens with one attached hydrogen (secondary N) is 1. The summed E-state index contributed by atoms with van der Waals surface area (Å²) in [4.78, 5) is 16.4. The van der Waals surface area contributed by atoms with Gasteiger partial charge in [0, 0.05) is 24.2 Å². The monoisotopic (exact) mass is 320 g/mol. The lowest BCUT2D eigenvalue weighted by molar-refractivity contribution is -0.858. The van der Waals surface area contributed by atoms with E-state index in [9.17, 15) is 9.90 Å². The molecule has 1 N–H and O–H groups in total. The van der Waals surface area contributed by atoms with Crippen LogP contribution in [0.4, 0.5) is 0 Å². The van der Waals surface area contributed by atoms with Gasteiger partial charge in [0.15, 0.2) is 0 Å². The van der Waals surface area contributed by atoms with Crippen molar-refractivity contribution in [1.82, 2.24) is 4.98 Å². The molecule has 0 aliphatic carbocycles. The molecular formula is C16H20N2O3S. The molecule has 1 aromatic heterocycles. The molecule has 0 bridgehead atoms. The van der Waals surface area contributed by atoms with Crippen molar-refractivity contribution in [2.24, 2.45) is 0 Å². The van der Waals surface area contributed by atoms with Crippen LogP contribution in [0.2, 0.25) is 0 Å². The molecule has 5 nitrogen and oxygen atoms in total. The SMILES string of the molecule is C[NH+](C)CCCOc1ccccc1-c1nc(CC(=O)[O-])cs1. The molecule has 0 fully saturated rings. The van der Waals surface area contributed by atoms with Crippen molar-refractivity contribution in [2.75, 3.05) is 27.2 Å². The van der Waals surface area contributed by atoms with E-state index in [1.54, 1.807) is 5.38 Å². The van der Waals surface area contributed by atoms with Crippen LogP contribution in [0.25, 0.3) is 10.6 Å². The van der Waals surface area contributed by atoms with Crippen LogP contribution in [-0.4, -0.2) is 38.2 Å². The van der Waals surface area contributed by atoms with Gasteiger partial charge >= 0.3 is 0 Å². The lowest BCUT2D eigenvalue weighted by atomic mass is 10.2. The number of hydrogen-bond acceptors (Lipinski definition) is 5. The molecule has 6 heteroatoms. The Morgan fingerprint density at radius 3 is 2.86 bits per heavy atom. The van der Waals surface area contributed by atoms with Gasteiger partial charge in [-0.3, -0.25) is 0 Å². The fraction of sp³-hybridized carbons (Fsp3) is 0.375. The summed E-state index contributed by atoms with van der Waals surface area (Å²) in [6.45, 7) is 1.70. The minimum atomic E-state index is -1.12. The molecule has 1 aromatic carbocycles. The molecular weight excluding hydrogens is 300 g/mol. The number of aliphatic carboxylic acids is 1. The highest BCUT2D eigenvalue weighted by molar-refractivity contribution is 7.13. The number of carbonyl (C=O) groups excluding carboxylic acids is 1. The maximum atomic E-state index is 10.6. The molecule has 0 saturated carbocycles. The highest BCUT2D eigenvalue weighted by Gasteiger charge is 2.10. The Morgan fingerprint density at radius 2 is 2.14 bits per heavy atom. The molecule has 2 aromatic rings. The number of carbonyl (C=O) groups is 1. The molecule has 0 spiro atoms. The van der Waals surface area contributed by atoms with Gasteiger partial charge < -0.3 is 19.5 Å². The Bertz CT molecular complexity index is 625. The maximum Gasteiger partial charge on any atom is 0.129 e. The summed E-state index contributed by atoms with van der Waals surface area (Å²) in [5.41, 5.74) is 1.42. The third-order valence-electron chi connectivity index (χ3n) is 3.07. The average Bonchev–Trinajstić information content (AvgIpc) is 2.91. The molecule has 0 aliphatic rings. The first kappa shape index (κ1) is 16.5. The number of hydrogen-bond donors (Lipinski definition) is 1. The van der Waals surface area contributed by atoms with Crippen LogP contribution in [0.1, 0.15) is 12.1 Å². The first-order valence-electron chi connectivity index (χ1n) is 7.21. The predicted octanol–water partition coefficient (Wildman–Crippen LogP) is 0.0159. The minimum absolute atomic E-state index is 0.162. The molecule has 22 heavy (non-hydrogen) atoms. The van der Waals surface area contributed by atoms with Crippen LogP contribution in [0, 0.1) is 0 Å². The third kappa shape index (κ3) is 4.82. The lowest BCUT2D eigenvalue weighted by Gasteiger charge is -2.11. The summed E-state index contributed by atoms with van der Waals surface area (Å²) >= 11 is 1.42. The predicted molar refractivity (Wildman–Crippen MR) is 84.1 cm³/mol. The first-order valence-corrected chi connectivity index (χ1v) is 8.09. The molecule has 0 amide bonds. The van der Waals surface area contributed by atoms with Crippen molar-refractivity contribution in [1.29, 1.82) is 0 Å². The fourth-order valence-electron chi connectivity index (χ4n) is 2.04. The smallest absolute Gasteiger partial charge is 0.129 e. The Balaban J connectivity index is 2.07. The van der Waals surface area contributed by atoms with E-state index in [4.69, 9.17) is 4.74 Å². The van der Waals surface area contributed by atoms with Gasteiger partial charge in [0.25, 0.3) is 0 Å². The third-order valence-corrected chi connectivity index (χ3v) is 4.00. The van der Waals surface area contributed by atoms with Crippen molar-refractivity contribution in [3.8, 4) is 16.3 Å². The zero-order valence-electron chi connectivity index (χ0n) is 12.8. The summed E-state index contributed by atoms with van der Waals surface area (Å²) < 4.78 is 5.86. The van der Waals surface area contributed by atoms with Gasteiger partial charge in [0.05, 0.1) is 38.5 Å². The number of benzene rings is 1. The quantitative estimate of drug-likeness (QED) is 0.696. The minimum Gasteiger partial charge on any atom is -0.550 e. The molecule has 0 radical (unpaired) electrons. The molecule has 118 valence electrons. The highest BCUT2D eigenvalue weighted by Crippen LogP contribution is 2.32. The van der Waals surface area contributed by atoms with Gasteiger partial charge in [-0.05, 0) is 12.1 Å². The summed E-state index contributed by atoms with van der Waals surface area (Å²) in [7, 11) is 4.23. The highest BCUT2D eigenvalue weighted by atomic mass is 32.1. The fourth-order valence-corrected chi connectivity index (χ4v) is 2.89. The molecule has 0 aliphatic heterocycles.